The second kappa shape index (κ2) is 7.40. The van der Waals surface area contributed by atoms with E-state index in [0.717, 1.165) is 5.56 Å². The zero-order valence-corrected chi connectivity index (χ0v) is 16.2. The van der Waals surface area contributed by atoms with Gasteiger partial charge in [0, 0.05) is 18.7 Å². The molecule has 1 aromatic heterocycles. The molecule has 0 N–H and O–H groups in total. The van der Waals surface area contributed by atoms with Gasteiger partial charge >= 0.3 is 0 Å². The average molecular weight is 391 g/mol. The lowest BCUT2D eigenvalue weighted by atomic mass is 10.2. The zero-order valence-electron chi connectivity index (χ0n) is 15.4. The first kappa shape index (κ1) is 18.1. The van der Waals surface area contributed by atoms with E-state index < -0.39 is 0 Å². The van der Waals surface area contributed by atoms with Crippen molar-refractivity contribution in [3.05, 3.63) is 18.2 Å². The molecule has 2 aliphatic rings. The van der Waals surface area contributed by atoms with E-state index in [9.17, 15) is 4.79 Å². The number of hydrogen-bond donors (Lipinski definition) is 0. The van der Waals surface area contributed by atoms with Crippen molar-refractivity contribution in [3.63, 3.8) is 0 Å². The summed E-state index contributed by atoms with van der Waals surface area (Å²) in [6.07, 6.45) is 0.0758. The van der Waals surface area contributed by atoms with Gasteiger partial charge in [0.05, 0.1) is 17.5 Å². The van der Waals surface area contributed by atoms with Crippen LogP contribution in [0.4, 0.5) is 0 Å². The molecule has 0 saturated carbocycles. The Morgan fingerprint density at radius 2 is 1.93 bits per heavy atom. The summed E-state index contributed by atoms with van der Waals surface area (Å²) in [5, 5.41) is 8.18. The number of hydrogen-bond acceptors (Lipinski definition) is 8. The number of thioether (sulfide) groups is 1. The largest absolute Gasteiger partial charge is 0.454 e. The molecular weight excluding hydrogens is 370 g/mol. The molecule has 144 valence electrons. The predicted octanol–water partition coefficient (Wildman–Crippen LogP) is 2.58. The van der Waals surface area contributed by atoms with Crippen LogP contribution in [-0.4, -0.2) is 58.3 Å². The van der Waals surface area contributed by atoms with Gasteiger partial charge in [0.15, 0.2) is 11.5 Å². The fourth-order valence-corrected chi connectivity index (χ4v) is 3.99. The Morgan fingerprint density at radius 3 is 2.70 bits per heavy atom. The fourth-order valence-electron chi connectivity index (χ4n) is 3.22. The minimum absolute atomic E-state index is 0.0379. The molecule has 1 saturated heterocycles. The Labute approximate surface area is 161 Å². The van der Waals surface area contributed by atoms with E-state index in [-0.39, 0.29) is 30.2 Å². The van der Waals surface area contributed by atoms with Crippen LogP contribution in [0.15, 0.2) is 27.8 Å². The molecule has 4 rings (SSSR count). The maximum absolute atomic E-state index is 12.7. The van der Waals surface area contributed by atoms with Crippen molar-refractivity contribution >= 4 is 17.7 Å². The van der Waals surface area contributed by atoms with Crippen LogP contribution < -0.4 is 9.47 Å². The highest BCUT2D eigenvalue weighted by molar-refractivity contribution is 8.00. The summed E-state index contributed by atoms with van der Waals surface area (Å²) in [5.74, 6) is 1.77. The first-order chi connectivity index (χ1) is 13.0. The highest BCUT2D eigenvalue weighted by atomic mass is 32.2. The zero-order chi connectivity index (χ0) is 19.0. The van der Waals surface area contributed by atoms with Crippen molar-refractivity contribution in [3.8, 4) is 23.0 Å². The second-order valence-corrected chi connectivity index (χ2v) is 7.99. The fraction of sp³-hybridized carbons (Fsp3) is 0.500. The molecule has 0 unspecified atom stereocenters. The van der Waals surface area contributed by atoms with Crippen LogP contribution in [0.2, 0.25) is 0 Å². The van der Waals surface area contributed by atoms with Gasteiger partial charge in [0.25, 0.3) is 5.22 Å². The summed E-state index contributed by atoms with van der Waals surface area (Å²) in [6, 6.07) is 5.44. The van der Waals surface area contributed by atoms with Crippen LogP contribution in [0.25, 0.3) is 11.5 Å². The molecule has 0 aliphatic carbocycles. The summed E-state index contributed by atoms with van der Waals surface area (Å²) in [6.45, 7) is 7.21. The third-order valence-corrected chi connectivity index (χ3v) is 5.30. The molecule has 0 spiro atoms. The highest BCUT2D eigenvalue weighted by Gasteiger charge is 2.30. The van der Waals surface area contributed by atoms with Crippen molar-refractivity contribution < 1.29 is 23.4 Å². The minimum atomic E-state index is -0.326. The number of nitrogens with zero attached hydrogens (tertiary/aromatic N) is 3. The van der Waals surface area contributed by atoms with E-state index in [4.69, 9.17) is 18.6 Å². The van der Waals surface area contributed by atoms with E-state index in [2.05, 4.69) is 10.2 Å². The normalized spacial score (nSPS) is 22.7. The predicted molar refractivity (Wildman–Crippen MR) is 97.8 cm³/mol. The Hall–Kier alpha value is -2.26. The van der Waals surface area contributed by atoms with Gasteiger partial charge < -0.3 is 23.5 Å². The molecule has 2 aliphatic heterocycles. The quantitative estimate of drug-likeness (QED) is 0.735. The first-order valence-corrected chi connectivity index (χ1v) is 9.72. The van der Waals surface area contributed by atoms with Gasteiger partial charge in [0.2, 0.25) is 18.6 Å². The molecule has 9 heteroatoms. The van der Waals surface area contributed by atoms with Crippen molar-refractivity contribution in [2.75, 3.05) is 19.9 Å². The van der Waals surface area contributed by atoms with Crippen LogP contribution in [-0.2, 0) is 9.53 Å². The number of aromatic nitrogens is 2. The molecule has 1 aromatic carbocycles. The highest BCUT2D eigenvalue weighted by Crippen LogP contribution is 2.36. The Morgan fingerprint density at radius 1 is 1.19 bits per heavy atom. The molecule has 0 bridgehead atoms. The summed E-state index contributed by atoms with van der Waals surface area (Å²) < 4.78 is 22.1. The molecule has 2 aromatic rings. The molecule has 3 atom stereocenters. The lowest BCUT2D eigenvalue weighted by Crippen LogP contribution is -2.50. The van der Waals surface area contributed by atoms with Crippen LogP contribution in [0.3, 0.4) is 0 Å². The minimum Gasteiger partial charge on any atom is -0.454 e. The molecule has 0 radical (unpaired) electrons. The van der Waals surface area contributed by atoms with Crippen LogP contribution in [0.1, 0.15) is 20.8 Å². The van der Waals surface area contributed by atoms with Crippen molar-refractivity contribution in [1.82, 2.24) is 15.1 Å². The van der Waals surface area contributed by atoms with Crippen molar-refractivity contribution in [2.24, 2.45) is 0 Å². The summed E-state index contributed by atoms with van der Waals surface area (Å²) >= 11 is 1.26. The van der Waals surface area contributed by atoms with E-state index in [1.807, 2.05) is 37.8 Å². The molecule has 8 nitrogen and oxygen atoms in total. The number of amides is 1. The van der Waals surface area contributed by atoms with Gasteiger partial charge in [0.1, 0.15) is 0 Å². The molecule has 1 amide bonds. The monoisotopic (exact) mass is 391 g/mol. The van der Waals surface area contributed by atoms with Crippen LogP contribution >= 0.6 is 11.8 Å². The smallest absolute Gasteiger partial charge is 0.277 e. The maximum atomic E-state index is 12.7. The standard InChI is InChI=1S/C18H21N3O5S/c1-10-7-21(8-11(2)25-10)17(22)12(3)27-18-20-19-16(26-18)13-4-5-14-15(6-13)24-9-23-14/h4-6,10-12H,7-9H2,1-3H3/t10-,11-,12+/m1/s1. The lowest BCUT2D eigenvalue weighted by Gasteiger charge is -2.36. The van der Waals surface area contributed by atoms with Gasteiger partial charge in [-0.15, -0.1) is 10.2 Å². The summed E-state index contributed by atoms with van der Waals surface area (Å²) in [4.78, 5) is 14.6. The van der Waals surface area contributed by atoms with E-state index in [1.165, 1.54) is 11.8 Å². The number of rotatable bonds is 4. The van der Waals surface area contributed by atoms with E-state index >= 15 is 0 Å². The average Bonchev–Trinajstić information content (AvgIpc) is 3.28. The van der Waals surface area contributed by atoms with Gasteiger partial charge in [-0.1, -0.05) is 11.8 Å². The number of carbonyl (C=O) groups is 1. The van der Waals surface area contributed by atoms with E-state index in [0.29, 0.717) is 35.7 Å². The number of carbonyl (C=O) groups excluding carboxylic acids is 1. The van der Waals surface area contributed by atoms with Gasteiger partial charge in [-0.3, -0.25) is 4.79 Å². The van der Waals surface area contributed by atoms with Crippen LogP contribution in [0, 0.1) is 0 Å². The van der Waals surface area contributed by atoms with Gasteiger partial charge in [-0.2, -0.15) is 0 Å². The van der Waals surface area contributed by atoms with E-state index in [1.54, 1.807) is 6.07 Å². The lowest BCUT2D eigenvalue weighted by molar-refractivity contribution is -0.142. The Kier molecular flexibility index (Phi) is 4.96. The third-order valence-electron chi connectivity index (χ3n) is 4.38. The van der Waals surface area contributed by atoms with Crippen LogP contribution in [0.5, 0.6) is 11.5 Å². The molecule has 3 heterocycles. The SMILES string of the molecule is C[C@@H]1CN(C(=O)[C@H](C)Sc2nnc(-c3ccc4c(c3)OCO4)o2)C[C@@H](C)O1. The summed E-state index contributed by atoms with van der Waals surface area (Å²) in [7, 11) is 0. The third kappa shape index (κ3) is 3.89. The molecule has 1 fully saturated rings. The number of benzene rings is 1. The number of ether oxygens (including phenoxy) is 3. The first-order valence-electron chi connectivity index (χ1n) is 8.84. The Bertz CT molecular complexity index is 832. The second-order valence-electron chi connectivity index (χ2n) is 6.70. The Balaban J connectivity index is 1.42. The number of fused-ring (bicyclic) bond motifs is 1. The van der Waals surface area contributed by atoms with Crippen molar-refractivity contribution in [2.45, 2.75) is 43.5 Å². The number of morpholine rings is 1. The van der Waals surface area contributed by atoms with Gasteiger partial charge in [-0.25, -0.2) is 0 Å². The topological polar surface area (TPSA) is 86.9 Å². The van der Waals surface area contributed by atoms with Gasteiger partial charge in [-0.05, 0) is 39.0 Å². The summed E-state index contributed by atoms with van der Waals surface area (Å²) in [5.41, 5.74) is 0.744. The maximum Gasteiger partial charge on any atom is 0.277 e. The molecule has 27 heavy (non-hydrogen) atoms. The molecular formula is C18H21N3O5S. The van der Waals surface area contributed by atoms with Crippen molar-refractivity contribution in [1.29, 1.82) is 0 Å².